The summed E-state index contributed by atoms with van der Waals surface area (Å²) in [6, 6.07) is 9.97. The molecule has 0 amide bonds. The largest absolute Gasteiger partial charge is 0.364 e. The molecule has 7 heteroatoms. The smallest absolute Gasteiger partial charge is 0.170 e. The fourth-order valence-electron chi connectivity index (χ4n) is 3.50. The van der Waals surface area contributed by atoms with Gasteiger partial charge in [-0.15, -0.1) is 0 Å². The second-order valence-corrected chi connectivity index (χ2v) is 7.57. The lowest BCUT2D eigenvalue weighted by atomic mass is 9.95. The highest BCUT2D eigenvalue weighted by molar-refractivity contribution is 6.30. The summed E-state index contributed by atoms with van der Waals surface area (Å²) in [5.41, 5.74) is 1.67. The van der Waals surface area contributed by atoms with Gasteiger partial charge in [-0.3, -0.25) is 0 Å². The van der Waals surface area contributed by atoms with Gasteiger partial charge in [0.15, 0.2) is 23.3 Å². The van der Waals surface area contributed by atoms with Crippen LogP contribution in [0.15, 0.2) is 36.4 Å². The Morgan fingerprint density at radius 3 is 2.14 bits per heavy atom. The Balaban J connectivity index is 1.64. The number of benzene rings is 2. The molecule has 1 saturated carbocycles. The fraction of sp³-hybridized carbons (Fsp3) is 0.333. The summed E-state index contributed by atoms with van der Waals surface area (Å²) in [7, 11) is 0. The first-order valence-corrected chi connectivity index (χ1v) is 9.88. The lowest BCUT2D eigenvalue weighted by molar-refractivity contribution is 0.462. The van der Waals surface area contributed by atoms with Gasteiger partial charge in [0.25, 0.3) is 0 Å². The fourth-order valence-corrected chi connectivity index (χ4v) is 3.63. The third-order valence-corrected chi connectivity index (χ3v) is 5.28. The number of fused-ring (bicyclic) bond motifs is 1. The van der Waals surface area contributed by atoms with Crippen molar-refractivity contribution in [3.8, 4) is 0 Å². The molecule has 2 N–H and O–H groups in total. The number of anilines is 2. The highest BCUT2D eigenvalue weighted by Gasteiger charge is 2.18. The Kier molecular flexibility index (Phi) is 5.57. The lowest BCUT2D eigenvalue weighted by Gasteiger charge is -2.24. The van der Waals surface area contributed by atoms with Crippen LogP contribution in [0.25, 0.3) is 11.0 Å². The zero-order valence-electron chi connectivity index (χ0n) is 15.3. The summed E-state index contributed by atoms with van der Waals surface area (Å²) in [6.07, 6.45) is 5.72. The number of rotatable bonds is 5. The van der Waals surface area contributed by atoms with Crippen LogP contribution >= 0.6 is 11.6 Å². The van der Waals surface area contributed by atoms with Crippen LogP contribution in [0.2, 0.25) is 5.02 Å². The molecule has 0 atom stereocenters. The van der Waals surface area contributed by atoms with Crippen molar-refractivity contribution in [2.45, 2.75) is 44.7 Å². The summed E-state index contributed by atoms with van der Waals surface area (Å²) in [5.74, 6) is -0.760. The predicted octanol–water partition coefficient (Wildman–Crippen LogP) is 5.92. The zero-order chi connectivity index (χ0) is 19.5. The minimum atomic E-state index is -0.932. The van der Waals surface area contributed by atoms with Crippen molar-refractivity contribution in [2.24, 2.45) is 0 Å². The van der Waals surface area contributed by atoms with E-state index < -0.39 is 11.6 Å². The van der Waals surface area contributed by atoms with Crippen molar-refractivity contribution in [1.29, 1.82) is 0 Å². The van der Waals surface area contributed by atoms with Crippen LogP contribution in [-0.2, 0) is 6.54 Å². The van der Waals surface area contributed by atoms with Crippen molar-refractivity contribution < 1.29 is 8.78 Å². The van der Waals surface area contributed by atoms with E-state index in [1.807, 2.05) is 24.3 Å². The molecule has 0 unspecified atom stereocenters. The van der Waals surface area contributed by atoms with Crippen LogP contribution in [0.1, 0.15) is 37.7 Å². The summed E-state index contributed by atoms with van der Waals surface area (Å²) >= 11 is 5.94. The molecule has 3 aromatic rings. The Morgan fingerprint density at radius 1 is 0.893 bits per heavy atom. The summed E-state index contributed by atoms with van der Waals surface area (Å²) in [4.78, 5) is 9.04. The number of aromatic nitrogens is 2. The van der Waals surface area contributed by atoms with E-state index in [9.17, 15) is 8.78 Å². The molecule has 1 heterocycles. The molecule has 2 aromatic carbocycles. The molecular weight excluding hydrogens is 382 g/mol. The second kappa shape index (κ2) is 8.27. The summed E-state index contributed by atoms with van der Waals surface area (Å²) < 4.78 is 27.3. The number of halogens is 3. The molecule has 4 rings (SSSR count). The number of hydrogen-bond acceptors (Lipinski definition) is 4. The van der Waals surface area contributed by atoms with Gasteiger partial charge in [-0.2, -0.15) is 0 Å². The van der Waals surface area contributed by atoms with E-state index >= 15 is 0 Å². The number of nitrogens with zero attached hydrogens (tertiary/aromatic N) is 2. The standard InChI is InChI=1S/C21H21ClF2N4/c22-14-8-6-13(7-9-14)12-25-20-21(26-15-4-2-1-3-5-15)28-19-11-17(24)16(23)10-18(19)27-20/h6-11,15H,1-5,12H2,(H,25,27)(H,26,28). The van der Waals surface area contributed by atoms with Gasteiger partial charge in [0, 0.05) is 29.7 Å². The minimum Gasteiger partial charge on any atom is -0.364 e. The van der Waals surface area contributed by atoms with Crippen LogP contribution in [0.5, 0.6) is 0 Å². The molecule has 28 heavy (non-hydrogen) atoms. The highest BCUT2D eigenvalue weighted by atomic mass is 35.5. The van der Waals surface area contributed by atoms with Crippen LogP contribution in [0.3, 0.4) is 0 Å². The lowest BCUT2D eigenvalue weighted by Crippen LogP contribution is -2.24. The third kappa shape index (κ3) is 4.33. The Hall–Kier alpha value is -2.47. The Morgan fingerprint density at radius 2 is 1.50 bits per heavy atom. The first kappa shape index (κ1) is 18.9. The molecule has 146 valence electrons. The van der Waals surface area contributed by atoms with Crippen molar-refractivity contribution in [2.75, 3.05) is 10.6 Å². The molecule has 1 fully saturated rings. The van der Waals surface area contributed by atoms with E-state index in [2.05, 4.69) is 20.6 Å². The molecule has 0 radical (unpaired) electrons. The average Bonchev–Trinajstić information content (AvgIpc) is 2.70. The predicted molar refractivity (Wildman–Crippen MR) is 109 cm³/mol. The molecule has 1 aromatic heterocycles. The van der Waals surface area contributed by atoms with E-state index in [1.165, 1.54) is 19.3 Å². The highest BCUT2D eigenvalue weighted by Crippen LogP contribution is 2.27. The number of nitrogens with one attached hydrogen (secondary N) is 2. The molecule has 0 saturated heterocycles. The molecule has 0 aliphatic heterocycles. The van der Waals surface area contributed by atoms with E-state index in [0.717, 1.165) is 30.5 Å². The maximum atomic E-state index is 13.7. The normalized spacial score (nSPS) is 15.0. The molecular formula is C21H21ClF2N4. The van der Waals surface area contributed by atoms with Gasteiger partial charge in [-0.25, -0.2) is 18.7 Å². The van der Waals surface area contributed by atoms with Gasteiger partial charge >= 0.3 is 0 Å². The van der Waals surface area contributed by atoms with Gasteiger partial charge in [0.2, 0.25) is 0 Å². The molecule has 1 aliphatic rings. The Bertz CT molecular complexity index is 972. The molecule has 0 spiro atoms. The van der Waals surface area contributed by atoms with Crippen molar-refractivity contribution >= 4 is 34.3 Å². The van der Waals surface area contributed by atoms with Crippen LogP contribution in [0.4, 0.5) is 20.4 Å². The first-order valence-electron chi connectivity index (χ1n) is 9.50. The topological polar surface area (TPSA) is 49.8 Å². The van der Waals surface area contributed by atoms with Crippen LogP contribution in [-0.4, -0.2) is 16.0 Å². The third-order valence-electron chi connectivity index (χ3n) is 5.03. The second-order valence-electron chi connectivity index (χ2n) is 7.14. The van der Waals surface area contributed by atoms with Crippen molar-refractivity contribution in [3.05, 3.63) is 58.6 Å². The van der Waals surface area contributed by atoms with Gasteiger partial charge in [-0.1, -0.05) is 43.0 Å². The van der Waals surface area contributed by atoms with E-state index in [-0.39, 0.29) is 0 Å². The number of hydrogen-bond donors (Lipinski definition) is 2. The van der Waals surface area contributed by atoms with Gasteiger partial charge in [-0.05, 0) is 30.5 Å². The maximum Gasteiger partial charge on any atom is 0.170 e. The monoisotopic (exact) mass is 402 g/mol. The SMILES string of the molecule is Fc1cc2nc(NCc3ccc(Cl)cc3)c(NC3CCCCC3)nc2cc1F. The van der Waals surface area contributed by atoms with E-state index in [1.54, 1.807) is 0 Å². The van der Waals surface area contributed by atoms with Gasteiger partial charge in [0.05, 0.1) is 11.0 Å². The van der Waals surface area contributed by atoms with Crippen LogP contribution in [0, 0.1) is 11.6 Å². The van der Waals surface area contributed by atoms with Crippen LogP contribution < -0.4 is 10.6 Å². The molecule has 0 bridgehead atoms. The van der Waals surface area contributed by atoms with Gasteiger partial charge < -0.3 is 10.6 Å². The molecule has 4 nitrogen and oxygen atoms in total. The Labute approximate surface area is 167 Å². The molecule has 1 aliphatic carbocycles. The first-order chi connectivity index (χ1) is 13.6. The zero-order valence-corrected chi connectivity index (χ0v) is 16.1. The van der Waals surface area contributed by atoms with Gasteiger partial charge in [0.1, 0.15) is 0 Å². The maximum absolute atomic E-state index is 13.7. The van der Waals surface area contributed by atoms with E-state index in [4.69, 9.17) is 11.6 Å². The van der Waals surface area contributed by atoms with Crippen molar-refractivity contribution in [1.82, 2.24) is 9.97 Å². The average molecular weight is 403 g/mol. The van der Waals surface area contributed by atoms with E-state index in [0.29, 0.717) is 40.3 Å². The van der Waals surface area contributed by atoms with Crippen molar-refractivity contribution in [3.63, 3.8) is 0 Å². The minimum absolute atomic E-state index is 0.307. The quantitative estimate of drug-likeness (QED) is 0.556. The summed E-state index contributed by atoms with van der Waals surface area (Å²) in [6.45, 7) is 0.514. The summed E-state index contributed by atoms with van der Waals surface area (Å²) in [5, 5.41) is 7.39.